The van der Waals surface area contributed by atoms with Crippen molar-refractivity contribution < 1.29 is 9.53 Å². The first-order valence-electron chi connectivity index (χ1n) is 6.93. The lowest BCUT2D eigenvalue weighted by molar-refractivity contribution is -0.111. The van der Waals surface area contributed by atoms with E-state index in [4.69, 9.17) is 10.5 Å². The van der Waals surface area contributed by atoms with Gasteiger partial charge in [-0.1, -0.05) is 11.8 Å². The molecule has 20 heavy (non-hydrogen) atoms. The second kappa shape index (κ2) is 5.32. The molecule has 1 aliphatic rings. The van der Waals surface area contributed by atoms with Crippen molar-refractivity contribution in [1.82, 2.24) is 0 Å². The van der Waals surface area contributed by atoms with Crippen LogP contribution in [0.5, 0.6) is 5.75 Å². The molecule has 0 saturated heterocycles. The molecule has 1 aliphatic heterocycles. The Morgan fingerprint density at radius 1 is 1.30 bits per heavy atom. The summed E-state index contributed by atoms with van der Waals surface area (Å²) in [6, 6.07) is 0. The van der Waals surface area contributed by atoms with Gasteiger partial charge in [0.15, 0.2) is 5.12 Å². The Kier molecular flexibility index (Phi) is 4.05. The van der Waals surface area contributed by atoms with Crippen LogP contribution in [0.25, 0.3) is 0 Å². The predicted molar refractivity (Wildman–Crippen MR) is 85.6 cm³/mol. The van der Waals surface area contributed by atoms with E-state index in [1.165, 1.54) is 17.3 Å². The number of anilines is 1. The Morgan fingerprint density at radius 3 is 2.55 bits per heavy atom. The first-order chi connectivity index (χ1) is 9.29. The smallest absolute Gasteiger partial charge is 0.188 e. The van der Waals surface area contributed by atoms with E-state index < -0.39 is 0 Å². The third-order valence-electron chi connectivity index (χ3n) is 4.42. The fraction of sp³-hybridized carbons (Fsp3) is 0.562. The van der Waals surface area contributed by atoms with E-state index >= 15 is 0 Å². The van der Waals surface area contributed by atoms with Crippen LogP contribution in [0, 0.1) is 20.8 Å². The van der Waals surface area contributed by atoms with Crippen LogP contribution in [0.2, 0.25) is 0 Å². The molecule has 0 bridgehead atoms. The van der Waals surface area contributed by atoms with Gasteiger partial charge in [-0.2, -0.15) is 0 Å². The summed E-state index contributed by atoms with van der Waals surface area (Å²) in [7, 11) is 0. The highest BCUT2D eigenvalue weighted by atomic mass is 32.2. The van der Waals surface area contributed by atoms with Crippen LogP contribution in [0.15, 0.2) is 0 Å². The summed E-state index contributed by atoms with van der Waals surface area (Å²) in [6.45, 7) is 8.24. The predicted octanol–water partition coefficient (Wildman–Crippen LogP) is 3.56. The zero-order chi connectivity index (χ0) is 15.1. The van der Waals surface area contributed by atoms with Gasteiger partial charge in [0.05, 0.1) is 0 Å². The summed E-state index contributed by atoms with van der Waals surface area (Å²) in [5, 5.41) is 0.218. The molecule has 1 unspecified atom stereocenters. The van der Waals surface area contributed by atoms with E-state index in [0.29, 0.717) is 6.42 Å². The Bertz CT molecular complexity index is 529. The second-order valence-corrected chi connectivity index (χ2v) is 6.76. The zero-order valence-corrected chi connectivity index (χ0v) is 13.7. The highest BCUT2D eigenvalue weighted by Gasteiger charge is 2.37. The van der Waals surface area contributed by atoms with Crippen molar-refractivity contribution in [2.75, 3.05) is 12.0 Å². The lowest BCUT2D eigenvalue weighted by Gasteiger charge is -2.24. The monoisotopic (exact) mass is 293 g/mol. The third-order valence-corrected chi connectivity index (χ3v) is 5.08. The Balaban J connectivity index is 2.29. The Morgan fingerprint density at radius 2 is 1.95 bits per heavy atom. The van der Waals surface area contributed by atoms with Crippen LogP contribution < -0.4 is 10.5 Å². The number of carbonyl (C=O) groups is 1. The van der Waals surface area contributed by atoms with Gasteiger partial charge >= 0.3 is 0 Å². The summed E-state index contributed by atoms with van der Waals surface area (Å²) in [5.74, 6) is 0.980. The van der Waals surface area contributed by atoms with Gasteiger partial charge in [-0.3, -0.25) is 4.79 Å². The summed E-state index contributed by atoms with van der Waals surface area (Å²) in [5.41, 5.74) is 11.3. The number of hydrogen-bond donors (Lipinski definition) is 1. The third kappa shape index (κ3) is 2.53. The standard InChI is InChI=1S/C16H23NO2S/c1-9-10(2)15-12(11(3)14(9)17)8-16(4,19-15)7-6-13(18)20-5/h6-8,17H2,1-5H3. The number of benzene rings is 1. The molecule has 1 atom stereocenters. The summed E-state index contributed by atoms with van der Waals surface area (Å²) >= 11 is 1.29. The van der Waals surface area contributed by atoms with Crippen LogP contribution >= 0.6 is 11.8 Å². The minimum atomic E-state index is -0.288. The normalized spacial score (nSPS) is 20.6. The van der Waals surface area contributed by atoms with Crippen molar-refractivity contribution >= 4 is 22.6 Å². The van der Waals surface area contributed by atoms with E-state index in [1.807, 2.05) is 13.2 Å². The maximum Gasteiger partial charge on any atom is 0.188 e. The number of carbonyl (C=O) groups excluding carboxylic acids is 1. The van der Waals surface area contributed by atoms with Gasteiger partial charge in [-0.25, -0.2) is 0 Å². The molecule has 0 aromatic heterocycles. The topological polar surface area (TPSA) is 52.3 Å². The van der Waals surface area contributed by atoms with Crippen molar-refractivity contribution in [3.8, 4) is 5.75 Å². The number of thioether (sulfide) groups is 1. The van der Waals surface area contributed by atoms with Gasteiger partial charge in [0, 0.05) is 24.1 Å². The van der Waals surface area contributed by atoms with Crippen LogP contribution in [-0.2, 0) is 11.2 Å². The molecule has 2 N–H and O–H groups in total. The van der Waals surface area contributed by atoms with Crippen molar-refractivity contribution in [3.05, 3.63) is 22.3 Å². The Labute approximate surface area is 125 Å². The molecule has 3 nitrogen and oxygen atoms in total. The quantitative estimate of drug-likeness (QED) is 0.866. The molecular formula is C16H23NO2S. The van der Waals surface area contributed by atoms with Gasteiger partial charge in [0.2, 0.25) is 0 Å². The molecule has 0 saturated carbocycles. The Hall–Kier alpha value is -1.16. The fourth-order valence-corrected chi connectivity index (χ4v) is 3.13. The number of ether oxygens (including phenoxy) is 1. The number of rotatable bonds is 3. The molecule has 1 aromatic carbocycles. The highest BCUT2D eigenvalue weighted by Crippen LogP contribution is 2.45. The first kappa shape index (κ1) is 15.2. The van der Waals surface area contributed by atoms with Gasteiger partial charge in [-0.15, -0.1) is 0 Å². The van der Waals surface area contributed by atoms with Crippen molar-refractivity contribution in [2.45, 2.75) is 52.6 Å². The van der Waals surface area contributed by atoms with Crippen LogP contribution in [0.4, 0.5) is 5.69 Å². The summed E-state index contributed by atoms with van der Waals surface area (Å²) < 4.78 is 6.22. The van der Waals surface area contributed by atoms with Gasteiger partial charge < -0.3 is 10.5 Å². The fourth-order valence-electron chi connectivity index (χ4n) is 2.83. The largest absolute Gasteiger partial charge is 0.487 e. The van der Waals surface area contributed by atoms with Crippen LogP contribution in [0.1, 0.15) is 42.0 Å². The van der Waals surface area contributed by atoms with E-state index in [-0.39, 0.29) is 10.7 Å². The maximum atomic E-state index is 11.5. The second-order valence-electron chi connectivity index (χ2n) is 5.90. The van der Waals surface area contributed by atoms with E-state index in [0.717, 1.165) is 41.0 Å². The SMILES string of the molecule is CSC(=O)CCC1(C)Cc2c(C)c(N)c(C)c(C)c2O1. The van der Waals surface area contributed by atoms with Crippen molar-refractivity contribution in [1.29, 1.82) is 0 Å². The van der Waals surface area contributed by atoms with Crippen LogP contribution in [-0.4, -0.2) is 17.0 Å². The molecule has 110 valence electrons. The van der Waals surface area contributed by atoms with Gasteiger partial charge in [0.1, 0.15) is 11.4 Å². The van der Waals surface area contributed by atoms with Crippen LogP contribution in [0.3, 0.4) is 0 Å². The average molecular weight is 293 g/mol. The molecule has 1 heterocycles. The number of nitrogens with two attached hydrogens (primary N) is 1. The molecule has 0 fully saturated rings. The molecule has 0 aliphatic carbocycles. The average Bonchev–Trinajstić information content (AvgIpc) is 2.79. The molecule has 1 aromatic rings. The molecule has 0 spiro atoms. The molecule has 0 radical (unpaired) electrons. The van der Waals surface area contributed by atoms with Crippen molar-refractivity contribution in [3.63, 3.8) is 0 Å². The van der Waals surface area contributed by atoms with Gasteiger partial charge in [0.25, 0.3) is 0 Å². The number of fused-ring (bicyclic) bond motifs is 1. The van der Waals surface area contributed by atoms with Gasteiger partial charge in [-0.05, 0) is 57.1 Å². The highest BCUT2D eigenvalue weighted by molar-refractivity contribution is 8.13. The van der Waals surface area contributed by atoms with E-state index in [1.54, 1.807) is 0 Å². The maximum absolute atomic E-state index is 11.5. The summed E-state index contributed by atoms with van der Waals surface area (Å²) in [4.78, 5) is 11.5. The lowest BCUT2D eigenvalue weighted by atomic mass is 9.90. The van der Waals surface area contributed by atoms with E-state index in [9.17, 15) is 4.79 Å². The first-order valence-corrected chi connectivity index (χ1v) is 8.15. The minimum absolute atomic E-state index is 0.218. The molecule has 4 heteroatoms. The lowest BCUT2D eigenvalue weighted by Crippen LogP contribution is -2.30. The molecule has 0 amide bonds. The summed E-state index contributed by atoms with van der Waals surface area (Å²) in [6.07, 6.45) is 3.96. The number of hydrogen-bond acceptors (Lipinski definition) is 4. The van der Waals surface area contributed by atoms with E-state index in [2.05, 4.69) is 20.8 Å². The molecule has 2 rings (SSSR count). The zero-order valence-electron chi connectivity index (χ0n) is 12.9. The number of nitrogen functional groups attached to an aromatic ring is 1. The minimum Gasteiger partial charge on any atom is -0.487 e. The molecular weight excluding hydrogens is 270 g/mol. The van der Waals surface area contributed by atoms with Crippen molar-refractivity contribution in [2.24, 2.45) is 0 Å².